The number of ether oxygens (including phenoxy) is 3. The number of carbonyl (C=O) groups excluding carboxylic acids is 3. The number of para-hydroxylation sites is 1. The molecule has 0 aliphatic carbocycles. The van der Waals surface area contributed by atoms with Crippen LogP contribution in [0.15, 0.2) is 60.4 Å². The number of esters is 1. The second kappa shape index (κ2) is 13.2. The van der Waals surface area contributed by atoms with Crippen molar-refractivity contribution < 1.29 is 28.6 Å². The van der Waals surface area contributed by atoms with Crippen molar-refractivity contribution in [1.82, 2.24) is 14.8 Å². The zero-order chi connectivity index (χ0) is 28.6. The summed E-state index contributed by atoms with van der Waals surface area (Å²) in [5, 5.41) is 3.90. The maximum Gasteiger partial charge on any atom is 0.325 e. The fourth-order valence-electron chi connectivity index (χ4n) is 4.44. The van der Waals surface area contributed by atoms with Gasteiger partial charge in [-0.1, -0.05) is 18.2 Å². The predicted molar refractivity (Wildman–Crippen MR) is 156 cm³/mol. The Morgan fingerprint density at radius 1 is 1.05 bits per heavy atom. The van der Waals surface area contributed by atoms with Crippen molar-refractivity contribution in [1.29, 1.82) is 0 Å². The molecule has 0 saturated carbocycles. The van der Waals surface area contributed by atoms with Gasteiger partial charge in [-0.2, -0.15) is 0 Å². The highest BCUT2D eigenvalue weighted by Gasteiger charge is 2.40. The van der Waals surface area contributed by atoms with E-state index in [9.17, 15) is 14.4 Å². The summed E-state index contributed by atoms with van der Waals surface area (Å²) in [4.78, 5) is 41.5. The summed E-state index contributed by atoms with van der Waals surface area (Å²) in [5.74, 6) is -0.391. The lowest BCUT2D eigenvalue weighted by molar-refractivity contribution is -0.140. The normalized spacial score (nSPS) is 14.3. The monoisotopic (exact) mass is 564 g/mol. The van der Waals surface area contributed by atoms with Gasteiger partial charge in [-0.05, 0) is 62.0 Å². The Bertz CT molecular complexity index is 1430. The number of anilines is 1. The van der Waals surface area contributed by atoms with Crippen molar-refractivity contribution in [3.63, 3.8) is 0 Å². The molecule has 1 saturated heterocycles. The van der Waals surface area contributed by atoms with Gasteiger partial charge in [-0.3, -0.25) is 19.3 Å². The molecule has 2 aromatic carbocycles. The van der Waals surface area contributed by atoms with E-state index in [2.05, 4.69) is 5.32 Å². The predicted octanol–water partition coefficient (Wildman–Crippen LogP) is 3.34. The standard InChI is InChI=1S/C29H32N4O6S/c1-4-39-22-12-10-21(11-13-22)33-28(36)25(32(29(33)40)19-27(35)38-3)16-20-17-31(24-9-6-5-8-23(20)24)18-26(34)30-14-7-15-37-2/h5-6,8-13,16-17H,4,7,14-15,18-19H2,1-3H3,(H,30,34)/b25-16-. The number of benzene rings is 2. The van der Waals surface area contributed by atoms with E-state index in [-0.39, 0.29) is 35.7 Å². The highest BCUT2D eigenvalue weighted by molar-refractivity contribution is 7.80. The number of fused-ring (bicyclic) bond motifs is 1. The molecule has 0 unspecified atom stereocenters. The Kier molecular flexibility index (Phi) is 9.52. The second-order valence-corrected chi connectivity index (χ2v) is 9.33. The van der Waals surface area contributed by atoms with Gasteiger partial charge in [0.25, 0.3) is 5.91 Å². The number of methoxy groups -OCH3 is 2. The van der Waals surface area contributed by atoms with Crippen LogP contribution >= 0.6 is 12.2 Å². The van der Waals surface area contributed by atoms with Gasteiger partial charge >= 0.3 is 5.97 Å². The van der Waals surface area contributed by atoms with Crippen LogP contribution in [0.4, 0.5) is 5.69 Å². The summed E-state index contributed by atoms with van der Waals surface area (Å²) in [6.07, 6.45) is 4.23. The van der Waals surface area contributed by atoms with Crippen LogP contribution in [0.25, 0.3) is 17.0 Å². The molecular weight excluding hydrogens is 532 g/mol. The van der Waals surface area contributed by atoms with Crippen molar-refractivity contribution in [3.8, 4) is 5.75 Å². The molecule has 3 aromatic rings. The zero-order valence-corrected chi connectivity index (χ0v) is 23.5. The summed E-state index contributed by atoms with van der Waals surface area (Å²) in [6, 6.07) is 14.6. The van der Waals surface area contributed by atoms with Crippen LogP contribution in [0.3, 0.4) is 0 Å². The minimum absolute atomic E-state index is 0.104. The molecule has 1 N–H and O–H groups in total. The number of amides is 2. The van der Waals surface area contributed by atoms with E-state index in [0.29, 0.717) is 36.8 Å². The first-order chi connectivity index (χ1) is 19.4. The van der Waals surface area contributed by atoms with Gasteiger partial charge in [-0.15, -0.1) is 0 Å². The average molecular weight is 565 g/mol. The molecule has 0 atom stereocenters. The van der Waals surface area contributed by atoms with Crippen LogP contribution in [0.2, 0.25) is 0 Å². The molecule has 0 bridgehead atoms. The fourth-order valence-corrected chi connectivity index (χ4v) is 4.79. The summed E-state index contributed by atoms with van der Waals surface area (Å²) < 4.78 is 17.3. The Labute approximate surface area is 238 Å². The Hall–Kier alpha value is -4.22. The highest BCUT2D eigenvalue weighted by Crippen LogP contribution is 2.32. The zero-order valence-electron chi connectivity index (χ0n) is 22.7. The lowest BCUT2D eigenvalue weighted by atomic mass is 10.1. The molecule has 1 aliphatic heterocycles. The Morgan fingerprint density at radius 3 is 2.50 bits per heavy atom. The SMILES string of the molecule is CCOc1ccc(N2C(=O)/C(=C/c3cn(CC(=O)NCCCOC)c4ccccc34)N(CC(=O)OC)C2=S)cc1. The Morgan fingerprint density at radius 2 is 1.80 bits per heavy atom. The van der Waals surface area contributed by atoms with E-state index >= 15 is 0 Å². The van der Waals surface area contributed by atoms with E-state index in [1.165, 1.54) is 16.9 Å². The summed E-state index contributed by atoms with van der Waals surface area (Å²) in [5.41, 5.74) is 2.30. The molecule has 0 radical (unpaired) electrons. The number of thiocarbonyl (C=S) groups is 1. The molecule has 2 amide bonds. The molecule has 1 aromatic heterocycles. The van der Waals surface area contributed by atoms with Crippen molar-refractivity contribution >= 4 is 57.8 Å². The third-order valence-electron chi connectivity index (χ3n) is 6.33. The molecular formula is C29H32N4O6S. The molecule has 1 fully saturated rings. The Balaban J connectivity index is 1.69. The lowest BCUT2D eigenvalue weighted by Crippen LogP contribution is -2.35. The van der Waals surface area contributed by atoms with Gasteiger partial charge in [0.05, 0.1) is 19.4 Å². The fraction of sp³-hybridized carbons (Fsp3) is 0.310. The molecule has 210 valence electrons. The van der Waals surface area contributed by atoms with Crippen molar-refractivity contribution in [3.05, 3.63) is 66.0 Å². The van der Waals surface area contributed by atoms with Crippen LogP contribution in [0.1, 0.15) is 18.9 Å². The average Bonchev–Trinajstić information content (AvgIpc) is 3.41. The van der Waals surface area contributed by atoms with Gasteiger partial charge in [0.15, 0.2) is 5.11 Å². The maximum atomic E-state index is 13.8. The summed E-state index contributed by atoms with van der Waals surface area (Å²) in [7, 11) is 2.90. The van der Waals surface area contributed by atoms with E-state index in [0.717, 1.165) is 17.3 Å². The molecule has 0 spiro atoms. The summed E-state index contributed by atoms with van der Waals surface area (Å²) in [6.45, 7) is 3.36. The van der Waals surface area contributed by atoms with Gasteiger partial charge in [-0.25, -0.2) is 0 Å². The first kappa shape index (κ1) is 28.8. The van der Waals surface area contributed by atoms with Crippen molar-refractivity contribution in [2.24, 2.45) is 0 Å². The lowest BCUT2D eigenvalue weighted by Gasteiger charge is -2.19. The number of hydrogen-bond donors (Lipinski definition) is 1. The topological polar surface area (TPSA) is 102 Å². The number of carbonyl (C=O) groups is 3. The van der Waals surface area contributed by atoms with Gasteiger partial charge in [0.2, 0.25) is 5.91 Å². The second-order valence-electron chi connectivity index (χ2n) is 8.97. The largest absolute Gasteiger partial charge is 0.494 e. The van der Waals surface area contributed by atoms with Crippen LogP contribution in [-0.2, 0) is 30.4 Å². The summed E-state index contributed by atoms with van der Waals surface area (Å²) >= 11 is 5.67. The minimum Gasteiger partial charge on any atom is -0.494 e. The van der Waals surface area contributed by atoms with Crippen molar-refractivity contribution in [2.45, 2.75) is 19.9 Å². The van der Waals surface area contributed by atoms with Crippen molar-refractivity contribution in [2.75, 3.05) is 45.4 Å². The van der Waals surface area contributed by atoms with E-state index < -0.39 is 5.97 Å². The van der Waals surface area contributed by atoms with E-state index in [4.69, 9.17) is 26.4 Å². The first-order valence-electron chi connectivity index (χ1n) is 12.9. The highest BCUT2D eigenvalue weighted by atomic mass is 32.1. The number of hydrogen-bond acceptors (Lipinski definition) is 7. The van der Waals surface area contributed by atoms with Crippen LogP contribution in [-0.4, -0.2) is 72.9 Å². The van der Waals surface area contributed by atoms with E-state index in [1.807, 2.05) is 42.0 Å². The van der Waals surface area contributed by atoms with E-state index in [1.54, 1.807) is 37.5 Å². The molecule has 40 heavy (non-hydrogen) atoms. The molecule has 1 aliphatic rings. The van der Waals surface area contributed by atoms with Crippen LogP contribution < -0.4 is 15.0 Å². The van der Waals surface area contributed by atoms with Crippen LogP contribution in [0.5, 0.6) is 5.75 Å². The molecule has 4 rings (SSSR count). The van der Waals surface area contributed by atoms with Gasteiger partial charge in [0.1, 0.15) is 24.5 Å². The van der Waals surface area contributed by atoms with Gasteiger partial charge in [0, 0.05) is 42.9 Å². The number of aromatic nitrogens is 1. The third kappa shape index (κ3) is 6.32. The first-order valence-corrected chi connectivity index (χ1v) is 13.3. The minimum atomic E-state index is -0.540. The number of rotatable bonds is 12. The molecule has 11 heteroatoms. The number of nitrogens with one attached hydrogen (secondary N) is 1. The number of nitrogens with zero attached hydrogens (tertiary/aromatic N) is 3. The third-order valence-corrected chi connectivity index (χ3v) is 6.73. The van der Waals surface area contributed by atoms with Gasteiger partial charge < -0.3 is 29.0 Å². The smallest absolute Gasteiger partial charge is 0.325 e. The molecule has 2 heterocycles. The van der Waals surface area contributed by atoms with Crippen LogP contribution in [0, 0.1) is 0 Å². The maximum absolute atomic E-state index is 13.8. The quantitative estimate of drug-likeness (QED) is 0.155. The molecule has 10 nitrogen and oxygen atoms in total.